The Labute approximate surface area is 60.5 Å². The first kappa shape index (κ1) is 6.38. The second kappa shape index (κ2) is 2.36. The third-order valence-corrected chi connectivity index (χ3v) is 2.35. The smallest absolute Gasteiger partial charge is 0.0794 e. The molecule has 2 nitrogen and oxygen atoms in total. The van der Waals surface area contributed by atoms with Crippen molar-refractivity contribution in [3.63, 3.8) is 0 Å². The molecule has 0 amide bonds. The van der Waals surface area contributed by atoms with Gasteiger partial charge >= 0.3 is 0 Å². The van der Waals surface area contributed by atoms with Gasteiger partial charge in [0.05, 0.1) is 12.2 Å². The van der Waals surface area contributed by atoms with E-state index in [1.54, 1.807) is 0 Å². The summed E-state index contributed by atoms with van der Waals surface area (Å²) in [5, 5.41) is 8.68. The van der Waals surface area contributed by atoms with Crippen molar-refractivity contribution in [3.05, 3.63) is 12.2 Å². The molecule has 2 heteroatoms. The standard InChI is InChI=1S/C8H12O2/c9-4-3-6-5-7-1-2-8(6)10-7/h1-2,6-9H,3-5H2. The first-order valence-electron chi connectivity index (χ1n) is 3.85. The minimum absolute atomic E-state index is 0.297. The quantitative estimate of drug-likeness (QED) is 0.572. The summed E-state index contributed by atoms with van der Waals surface area (Å²) >= 11 is 0. The predicted molar refractivity (Wildman–Crippen MR) is 37.6 cm³/mol. The zero-order valence-electron chi connectivity index (χ0n) is 5.86. The van der Waals surface area contributed by atoms with E-state index in [2.05, 4.69) is 12.2 Å². The molecule has 1 fully saturated rings. The van der Waals surface area contributed by atoms with Gasteiger partial charge in [-0.1, -0.05) is 12.2 Å². The third-order valence-electron chi connectivity index (χ3n) is 2.35. The van der Waals surface area contributed by atoms with Gasteiger partial charge in [-0.15, -0.1) is 0 Å². The first-order chi connectivity index (χ1) is 4.90. The summed E-state index contributed by atoms with van der Waals surface area (Å²) in [6.45, 7) is 0.297. The van der Waals surface area contributed by atoms with Crippen LogP contribution >= 0.6 is 0 Å². The predicted octanol–water partition coefficient (Wildman–Crippen LogP) is 0.712. The van der Waals surface area contributed by atoms with Crippen LogP contribution in [0, 0.1) is 5.92 Å². The molecule has 0 radical (unpaired) electrons. The number of rotatable bonds is 2. The van der Waals surface area contributed by atoms with E-state index in [9.17, 15) is 0 Å². The van der Waals surface area contributed by atoms with Gasteiger partial charge in [0.2, 0.25) is 0 Å². The SMILES string of the molecule is OCCC1CC2C=CC1O2. The van der Waals surface area contributed by atoms with E-state index in [-0.39, 0.29) is 0 Å². The van der Waals surface area contributed by atoms with Gasteiger partial charge < -0.3 is 9.84 Å². The Balaban J connectivity index is 1.96. The fourth-order valence-electron chi connectivity index (χ4n) is 1.81. The Morgan fingerprint density at radius 3 is 2.90 bits per heavy atom. The highest BCUT2D eigenvalue weighted by Gasteiger charge is 2.35. The van der Waals surface area contributed by atoms with Crippen LogP contribution < -0.4 is 0 Å². The van der Waals surface area contributed by atoms with Gasteiger partial charge in [-0.05, 0) is 18.8 Å². The fourth-order valence-corrected chi connectivity index (χ4v) is 1.81. The molecule has 2 aliphatic rings. The van der Waals surface area contributed by atoms with E-state index < -0.39 is 0 Å². The molecule has 0 saturated carbocycles. The summed E-state index contributed by atoms with van der Waals surface area (Å²) in [5.74, 6) is 0.583. The van der Waals surface area contributed by atoms with Gasteiger partial charge in [0.25, 0.3) is 0 Å². The number of aliphatic hydroxyl groups excluding tert-OH is 1. The summed E-state index contributed by atoms with van der Waals surface area (Å²) in [5.41, 5.74) is 0. The molecule has 0 aromatic heterocycles. The minimum Gasteiger partial charge on any atom is -0.396 e. The molecular weight excluding hydrogens is 128 g/mol. The molecule has 0 aromatic rings. The van der Waals surface area contributed by atoms with E-state index in [1.807, 2.05) is 0 Å². The second-order valence-corrected chi connectivity index (χ2v) is 3.03. The highest BCUT2D eigenvalue weighted by molar-refractivity contribution is 5.10. The Hall–Kier alpha value is -0.340. The zero-order chi connectivity index (χ0) is 6.97. The number of aliphatic hydroxyl groups is 1. The largest absolute Gasteiger partial charge is 0.396 e. The molecule has 1 saturated heterocycles. The zero-order valence-corrected chi connectivity index (χ0v) is 5.86. The Bertz CT molecular complexity index is 153. The summed E-state index contributed by atoms with van der Waals surface area (Å²) in [4.78, 5) is 0. The maximum atomic E-state index is 8.68. The van der Waals surface area contributed by atoms with Crippen molar-refractivity contribution in [3.8, 4) is 0 Å². The molecule has 0 aliphatic carbocycles. The average molecular weight is 140 g/mol. The molecule has 0 spiro atoms. The maximum Gasteiger partial charge on any atom is 0.0794 e. The van der Waals surface area contributed by atoms with Crippen LogP contribution in [0.25, 0.3) is 0 Å². The Morgan fingerprint density at radius 1 is 1.50 bits per heavy atom. The van der Waals surface area contributed by atoms with Crippen molar-refractivity contribution in [2.24, 2.45) is 5.92 Å². The molecule has 1 N–H and O–H groups in total. The molecular formula is C8H12O2. The number of hydrogen-bond acceptors (Lipinski definition) is 2. The van der Waals surface area contributed by atoms with Crippen LogP contribution in [0.3, 0.4) is 0 Å². The van der Waals surface area contributed by atoms with Crippen molar-refractivity contribution in [1.29, 1.82) is 0 Å². The molecule has 3 atom stereocenters. The van der Waals surface area contributed by atoms with Gasteiger partial charge in [0, 0.05) is 6.61 Å². The van der Waals surface area contributed by atoms with Crippen molar-refractivity contribution in [2.45, 2.75) is 25.0 Å². The van der Waals surface area contributed by atoms with Crippen molar-refractivity contribution in [2.75, 3.05) is 6.61 Å². The van der Waals surface area contributed by atoms with Gasteiger partial charge in [0.15, 0.2) is 0 Å². The number of hydrogen-bond donors (Lipinski definition) is 1. The minimum atomic E-state index is 0.297. The van der Waals surface area contributed by atoms with E-state index in [0.29, 0.717) is 24.7 Å². The molecule has 10 heavy (non-hydrogen) atoms. The number of ether oxygens (including phenoxy) is 1. The third kappa shape index (κ3) is 0.879. The highest BCUT2D eigenvalue weighted by Crippen LogP contribution is 2.35. The molecule has 0 aromatic carbocycles. The van der Waals surface area contributed by atoms with E-state index in [4.69, 9.17) is 9.84 Å². The van der Waals surface area contributed by atoms with Crippen LogP contribution in [0.15, 0.2) is 12.2 Å². The van der Waals surface area contributed by atoms with Crippen LogP contribution in [-0.4, -0.2) is 23.9 Å². The molecule has 56 valence electrons. The Morgan fingerprint density at radius 2 is 2.40 bits per heavy atom. The molecule has 2 aliphatic heterocycles. The van der Waals surface area contributed by atoms with E-state index in [0.717, 1.165) is 12.8 Å². The summed E-state index contributed by atoms with van der Waals surface area (Å²) in [6.07, 6.45) is 6.93. The lowest BCUT2D eigenvalue weighted by Crippen LogP contribution is -2.13. The van der Waals surface area contributed by atoms with Crippen LogP contribution in [0.5, 0.6) is 0 Å². The highest BCUT2D eigenvalue weighted by atomic mass is 16.5. The average Bonchev–Trinajstić information content (AvgIpc) is 2.48. The lowest BCUT2D eigenvalue weighted by atomic mass is 9.92. The van der Waals surface area contributed by atoms with Crippen LogP contribution in [0.1, 0.15) is 12.8 Å². The van der Waals surface area contributed by atoms with Crippen LogP contribution in [0.2, 0.25) is 0 Å². The lowest BCUT2D eigenvalue weighted by Gasteiger charge is -2.12. The summed E-state index contributed by atoms with van der Waals surface area (Å²) in [7, 11) is 0. The maximum absolute atomic E-state index is 8.68. The van der Waals surface area contributed by atoms with E-state index in [1.165, 1.54) is 0 Å². The molecule has 2 heterocycles. The molecule has 3 unspecified atom stereocenters. The lowest BCUT2D eigenvalue weighted by molar-refractivity contribution is 0.103. The monoisotopic (exact) mass is 140 g/mol. The fraction of sp³-hybridized carbons (Fsp3) is 0.750. The normalized spacial score (nSPS) is 43.1. The van der Waals surface area contributed by atoms with Crippen LogP contribution in [-0.2, 0) is 4.74 Å². The first-order valence-corrected chi connectivity index (χ1v) is 3.85. The van der Waals surface area contributed by atoms with Gasteiger partial charge in [-0.2, -0.15) is 0 Å². The van der Waals surface area contributed by atoms with Gasteiger partial charge in [0.1, 0.15) is 0 Å². The van der Waals surface area contributed by atoms with Gasteiger partial charge in [-0.3, -0.25) is 0 Å². The van der Waals surface area contributed by atoms with Crippen molar-refractivity contribution < 1.29 is 9.84 Å². The van der Waals surface area contributed by atoms with Crippen LogP contribution in [0.4, 0.5) is 0 Å². The number of fused-ring (bicyclic) bond motifs is 2. The van der Waals surface area contributed by atoms with Crippen molar-refractivity contribution in [1.82, 2.24) is 0 Å². The molecule has 2 bridgehead atoms. The van der Waals surface area contributed by atoms with E-state index >= 15 is 0 Å². The van der Waals surface area contributed by atoms with Gasteiger partial charge in [-0.25, -0.2) is 0 Å². The second-order valence-electron chi connectivity index (χ2n) is 3.03. The summed E-state index contributed by atoms with van der Waals surface area (Å²) < 4.78 is 5.52. The topological polar surface area (TPSA) is 29.5 Å². The van der Waals surface area contributed by atoms with Crippen molar-refractivity contribution >= 4 is 0 Å². The molecule has 2 rings (SSSR count). The Kier molecular flexibility index (Phi) is 1.51. The summed E-state index contributed by atoms with van der Waals surface area (Å²) in [6, 6.07) is 0.